The first kappa shape index (κ1) is 24.3. The van der Waals surface area contributed by atoms with E-state index in [9.17, 15) is 8.42 Å². The van der Waals surface area contributed by atoms with E-state index in [1.165, 1.54) is 12.1 Å². The van der Waals surface area contributed by atoms with Crippen molar-refractivity contribution in [2.75, 3.05) is 19.7 Å². The number of aryl methyl sites for hydroxylation is 1. The van der Waals surface area contributed by atoms with Crippen LogP contribution in [0.1, 0.15) is 25.3 Å². The van der Waals surface area contributed by atoms with E-state index in [-0.39, 0.29) is 23.1 Å². The Hall–Kier alpha value is -1.96. The van der Waals surface area contributed by atoms with Gasteiger partial charge in [0.2, 0.25) is 0 Å². The van der Waals surface area contributed by atoms with Crippen LogP contribution in [-0.4, -0.2) is 38.8 Å². The number of benzene rings is 2. The summed E-state index contributed by atoms with van der Waals surface area (Å²) in [7, 11) is -3.98. The smallest absolute Gasteiger partial charge is 0.339 e. The normalized spacial score (nSPS) is 14.7. The lowest BCUT2D eigenvalue weighted by Gasteiger charge is -2.32. The first-order chi connectivity index (χ1) is 13.7. The van der Waals surface area contributed by atoms with Gasteiger partial charge >= 0.3 is 10.1 Å². The fourth-order valence-electron chi connectivity index (χ4n) is 3.29. The first-order valence-electron chi connectivity index (χ1n) is 9.47. The van der Waals surface area contributed by atoms with Crippen LogP contribution in [0.4, 0.5) is 0 Å². The minimum atomic E-state index is -3.98. The predicted molar refractivity (Wildman–Crippen MR) is 121 cm³/mol. The summed E-state index contributed by atoms with van der Waals surface area (Å²) in [5.74, 6) is 1.79. The highest BCUT2D eigenvalue weighted by Gasteiger charge is 2.21. The molecule has 1 N–H and O–H groups in total. The average Bonchev–Trinajstić information content (AvgIpc) is 2.66. The zero-order valence-electron chi connectivity index (χ0n) is 16.9. The van der Waals surface area contributed by atoms with Gasteiger partial charge in [0, 0.05) is 24.2 Å². The van der Waals surface area contributed by atoms with E-state index in [0.717, 1.165) is 31.5 Å². The molecule has 1 aliphatic heterocycles. The third kappa shape index (κ3) is 6.52. The van der Waals surface area contributed by atoms with Crippen LogP contribution in [-0.2, 0) is 10.1 Å². The lowest BCUT2D eigenvalue weighted by molar-refractivity contribution is 0.180. The van der Waals surface area contributed by atoms with Crippen molar-refractivity contribution in [3.63, 3.8) is 0 Å². The van der Waals surface area contributed by atoms with Crippen LogP contribution >= 0.6 is 24.0 Å². The summed E-state index contributed by atoms with van der Waals surface area (Å²) in [6.07, 6.45) is 1.93. The van der Waals surface area contributed by atoms with Crippen LogP contribution < -0.4 is 8.92 Å². The minimum Gasteiger partial charge on any atom is -0.493 e. The Morgan fingerprint density at radius 2 is 1.83 bits per heavy atom. The Labute approximate surface area is 189 Å². The number of halogens is 2. The molecular weight excluding hydrogens is 447 g/mol. The van der Waals surface area contributed by atoms with Gasteiger partial charge in [0.15, 0.2) is 0 Å². The lowest BCUT2D eigenvalue weighted by Crippen LogP contribution is -2.38. The van der Waals surface area contributed by atoms with E-state index < -0.39 is 10.1 Å². The van der Waals surface area contributed by atoms with Crippen molar-refractivity contribution in [1.82, 2.24) is 4.90 Å². The quantitative estimate of drug-likeness (QED) is 0.366. The molecule has 0 amide bonds. The molecule has 2 aromatic carbocycles. The Bertz CT molecular complexity index is 990. The Morgan fingerprint density at radius 1 is 1.17 bits per heavy atom. The van der Waals surface area contributed by atoms with Crippen molar-refractivity contribution in [1.29, 1.82) is 5.41 Å². The van der Waals surface area contributed by atoms with Crippen LogP contribution in [0.15, 0.2) is 47.4 Å². The second-order valence-electron chi connectivity index (χ2n) is 7.30. The highest BCUT2D eigenvalue weighted by atomic mass is 35.5. The second kappa shape index (κ2) is 10.4. The molecule has 0 radical (unpaired) electrons. The van der Waals surface area contributed by atoms with Crippen LogP contribution in [0.2, 0.25) is 5.02 Å². The number of rotatable bonds is 6. The van der Waals surface area contributed by atoms with E-state index >= 15 is 0 Å². The van der Waals surface area contributed by atoms with Gasteiger partial charge in [-0.1, -0.05) is 17.7 Å². The van der Waals surface area contributed by atoms with E-state index in [1.54, 1.807) is 24.3 Å². The van der Waals surface area contributed by atoms with Crippen LogP contribution in [0, 0.1) is 18.3 Å². The van der Waals surface area contributed by atoms with Gasteiger partial charge in [0.1, 0.15) is 16.4 Å². The Kier molecular flexibility index (Phi) is 8.41. The van der Waals surface area contributed by atoms with Gasteiger partial charge in [-0.2, -0.15) is 8.42 Å². The van der Waals surface area contributed by atoms with E-state index in [0.29, 0.717) is 29.1 Å². The molecule has 0 aliphatic carbocycles. The van der Waals surface area contributed by atoms with Gasteiger partial charge in [0.05, 0.1) is 12.4 Å². The van der Waals surface area contributed by atoms with Gasteiger partial charge in [-0.05, 0) is 68.5 Å². The largest absolute Gasteiger partial charge is 0.493 e. The summed E-state index contributed by atoms with van der Waals surface area (Å²) in [5, 5.41) is 8.03. The number of nitrogens with zero attached hydrogens (tertiary/aromatic N) is 1. The monoisotopic (exact) mass is 472 g/mol. The molecule has 0 bridgehead atoms. The van der Waals surface area contributed by atoms with Gasteiger partial charge in [-0.25, -0.2) is 0 Å². The molecule has 3 rings (SSSR count). The number of likely N-dealkylation sites (tertiary alicyclic amines) is 1. The molecule has 0 spiro atoms. The number of hydrogen-bond donors (Lipinski definition) is 1. The minimum absolute atomic E-state index is 0. The molecule has 1 fully saturated rings. The van der Waals surface area contributed by atoms with Gasteiger partial charge < -0.3 is 13.8 Å². The highest BCUT2D eigenvalue weighted by Crippen LogP contribution is 2.27. The number of nitrogens with one attached hydrogen (secondary N) is 1. The maximum Gasteiger partial charge on any atom is 0.339 e. The molecule has 2 aromatic rings. The van der Waals surface area contributed by atoms with Crippen molar-refractivity contribution < 1.29 is 17.3 Å². The molecule has 0 unspecified atom stereocenters. The summed E-state index contributed by atoms with van der Waals surface area (Å²) in [6, 6.07) is 11.1. The molecule has 0 aromatic heterocycles. The molecule has 1 saturated heterocycles. The topological polar surface area (TPSA) is 79.7 Å². The lowest BCUT2D eigenvalue weighted by atomic mass is 9.98. The van der Waals surface area contributed by atoms with Crippen molar-refractivity contribution >= 4 is 40.0 Å². The zero-order valence-corrected chi connectivity index (χ0v) is 19.3. The van der Waals surface area contributed by atoms with Gasteiger partial charge in [-0.3, -0.25) is 5.41 Å². The molecular formula is C21H26Cl2N2O4S. The number of amidine groups is 1. The van der Waals surface area contributed by atoms with Gasteiger partial charge in [0.25, 0.3) is 0 Å². The van der Waals surface area contributed by atoms with E-state index in [1.807, 2.05) is 19.9 Å². The number of hydrogen-bond acceptors (Lipinski definition) is 5. The molecule has 1 aliphatic rings. The molecule has 30 heavy (non-hydrogen) atoms. The summed E-state index contributed by atoms with van der Waals surface area (Å²) in [5.41, 5.74) is 0.841. The van der Waals surface area contributed by atoms with Crippen molar-refractivity contribution in [2.24, 2.45) is 5.92 Å². The first-order valence-corrected chi connectivity index (χ1v) is 11.3. The molecule has 164 valence electrons. The summed E-state index contributed by atoms with van der Waals surface area (Å²) in [4.78, 5) is 2.07. The maximum absolute atomic E-state index is 12.5. The third-order valence-corrected chi connectivity index (χ3v) is 6.37. The van der Waals surface area contributed by atoms with Crippen LogP contribution in [0.5, 0.6) is 11.5 Å². The molecule has 9 heteroatoms. The SMILES string of the molecule is CC(=N)N1CCC(COc2cc(C)cc(OS(=O)(=O)c3cccc(Cl)c3)c2)CC1.Cl. The number of ether oxygens (including phenoxy) is 1. The second-order valence-corrected chi connectivity index (χ2v) is 9.29. The standard InChI is InChI=1S/C21H25ClN2O4S.ClH/c1-15-10-19(27-14-17-6-8-24(9-7-17)16(2)23)13-20(11-15)28-29(25,26)21-5-3-4-18(22)12-21;/h3-5,10-13,17,23H,6-9,14H2,1-2H3;1H. The zero-order chi connectivity index (χ0) is 21.0. The number of piperidine rings is 1. The molecule has 0 saturated carbocycles. The molecule has 1 heterocycles. The molecule has 6 nitrogen and oxygen atoms in total. The maximum atomic E-state index is 12.5. The summed E-state index contributed by atoms with van der Waals surface area (Å²) >= 11 is 5.89. The van der Waals surface area contributed by atoms with E-state index in [4.69, 9.17) is 25.9 Å². The van der Waals surface area contributed by atoms with E-state index in [2.05, 4.69) is 4.90 Å². The van der Waals surface area contributed by atoms with Crippen LogP contribution in [0.3, 0.4) is 0 Å². The predicted octanol–water partition coefficient (Wildman–Crippen LogP) is 4.93. The third-order valence-electron chi connectivity index (χ3n) is 4.89. The average molecular weight is 473 g/mol. The fraction of sp³-hybridized carbons (Fsp3) is 0.381. The molecule has 0 atom stereocenters. The Morgan fingerprint density at radius 3 is 2.47 bits per heavy atom. The van der Waals surface area contributed by atoms with Crippen molar-refractivity contribution in [2.45, 2.75) is 31.6 Å². The fourth-order valence-corrected chi connectivity index (χ4v) is 4.51. The van der Waals surface area contributed by atoms with Gasteiger partial charge in [-0.15, -0.1) is 12.4 Å². The summed E-state index contributed by atoms with van der Waals surface area (Å²) in [6.45, 7) is 5.95. The highest BCUT2D eigenvalue weighted by molar-refractivity contribution is 7.87. The van der Waals surface area contributed by atoms with Crippen LogP contribution in [0.25, 0.3) is 0 Å². The Balaban J connectivity index is 0.00000320. The summed E-state index contributed by atoms with van der Waals surface area (Å²) < 4.78 is 36.3. The van der Waals surface area contributed by atoms with Crippen molar-refractivity contribution in [3.8, 4) is 11.5 Å². The van der Waals surface area contributed by atoms with Crippen molar-refractivity contribution in [3.05, 3.63) is 53.1 Å².